The molecule has 194 valence electrons. The molecular weight excluding hydrogens is 481 g/mol. The Morgan fingerprint density at radius 1 is 1.17 bits per heavy atom. The molecule has 0 aliphatic heterocycles. The monoisotopic (exact) mass is 507 g/mol. The van der Waals surface area contributed by atoms with E-state index >= 15 is 0 Å². The Labute approximate surface area is 197 Å². The van der Waals surface area contributed by atoms with Gasteiger partial charge in [0.25, 0.3) is 0 Å². The third-order valence-corrected chi connectivity index (χ3v) is 5.31. The minimum Gasteiger partial charge on any atom is -0.453 e. The number of amides is 2. The Morgan fingerprint density at radius 2 is 1.80 bits per heavy atom. The van der Waals surface area contributed by atoms with E-state index < -0.39 is 53.9 Å². The number of hydrogen-bond donors (Lipinski definition) is 5. The summed E-state index contributed by atoms with van der Waals surface area (Å²) in [6.07, 6.45) is -5.98. The molecule has 2 amide bonds. The molecule has 0 saturated carbocycles. The van der Waals surface area contributed by atoms with Gasteiger partial charge >= 0.3 is 12.3 Å². The number of rotatable bonds is 10. The van der Waals surface area contributed by atoms with E-state index in [-0.39, 0.29) is 24.2 Å². The number of aliphatic hydroxyl groups excluding tert-OH is 1. The number of benzene rings is 1. The van der Waals surface area contributed by atoms with E-state index in [0.29, 0.717) is 5.69 Å². The molecule has 1 aromatic heterocycles. The zero-order chi connectivity index (χ0) is 26.4. The molecule has 1 aromatic carbocycles. The number of nitrogens with zero attached hydrogens (tertiary/aromatic N) is 1. The van der Waals surface area contributed by atoms with Gasteiger partial charge < -0.3 is 25.8 Å². The quantitative estimate of drug-likeness (QED) is 0.314. The van der Waals surface area contributed by atoms with E-state index in [1.54, 1.807) is 0 Å². The van der Waals surface area contributed by atoms with Crippen molar-refractivity contribution >= 4 is 12.0 Å². The molecule has 9 nitrogen and oxygen atoms in total. The third kappa shape index (κ3) is 7.11. The van der Waals surface area contributed by atoms with Crippen LogP contribution in [0, 0.1) is 17.0 Å². The molecule has 5 N–H and O–H groups in total. The van der Waals surface area contributed by atoms with Crippen LogP contribution in [0.25, 0.3) is 11.3 Å². The van der Waals surface area contributed by atoms with E-state index in [9.17, 15) is 36.6 Å². The molecule has 0 saturated heterocycles. The van der Waals surface area contributed by atoms with Crippen LogP contribution in [-0.2, 0) is 16.1 Å². The number of aromatic nitrogens is 2. The second-order valence-electron chi connectivity index (χ2n) is 8.21. The van der Waals surface area contributed by atoms with Crippen molar-refractivity contribution in [1.82, 2.24) is 26.1 Å². The SMILES string of the molecule is COC(=O)N[C@H](C(=O)NC[C@@H](O)CNCc1c(F)cc(-c2ccn[nH]2)cc1F)C(C)(C)C(F)(F)F. The first-order valence-electron chi connectivity index (χ1n) is 10.3. The molecule has 14 heteroatoms. The van der Waals surface area contributed by atoms with Gasteiger partial charge in [0.1, 0.15) is 17.7 Å². The highest BCUT2D eigenvalue weighted by Gasteiger charge is 2.55. The molecule has 35 heavy (non-hydrogen) atoms. The lowest BCUT2D eigenvalue weighted by atomic mass is 9.83. The Balaban J connectivity index is 1.93. The third-order valence-electron chi connectivity index (χ3n) is 5.31. The first-order chi connectivity index (χ1) is 16.3. The van der Waals surface area contributed by atoms with Gasteiger partial charge in [-0.1, -0.05) is 0 Å². The van der Waals surface area contributed by atoms with Crippen LogP contribution in [0.3, 0.4) is 0 Å². The Bertz CT molecular complexity index is 991. The highest BCUT2D eigenvalue weighted by Crippen LogP contribution is 2.40. The lowest BCUT2D eigenvalue weighted by molar-refractivity contribution is -0.220. The van der Waals surface area contributed by atoms with Crippen LogP contribution in [0.4, 0.5) is 26.7 Å². The van der Waals surface area contributed by atoms with Crippen LogP contribution in [-0.4, -0.2) is 65.8 Å². The number of H-pyrrole nitrogens is 1. The molecule has 0 aliphatic rings. The number of carbonyl (C=O) groups is 2. The number of carbonyl (C=O) groups excluding carboxylic acids is 2. The van der Waals surface area contributed by atoms with Crippen LogP contribution in [0.2, 0.25) is 0 Å². The summed E-state index contributed by atoms with van der Waals surface area (Å²) >= 11 is 0. The van der Waals surface area contributed by atoms with Crippen LogP contribution in [0.5, 0.6) is 0 Å². The van der Waals surface area contributed by atoms with Crippen LogP contribution >= 0.6 is 0 Å². The summed E-state index contributed by atoms with van der Waals surface area (Å²) in [4.78, 5) is 23.8. The minimum absolute atomic E-state index is 0.251. The standard InChI is InChI=1S/C21H26F5N5O4/c1-20(2,21(24,25)26)17(30-19(34)35-3)18(33)28-9-12(32)8-27-10-13-14(22)6-11(7-15(13)23)16-4-5-29-31-16/h4-7,12,17,27,32H,8-10H2,1-3H3,(H,28,33)(H,29,31)(H,30,34)/t12-,17+/m0/s1. The number of alkyl carbamates (subject to hydrolysis) is 1. The summed E-state index contributed by atoms with van der Waals surface area (Å²) in [7, 11) is 0.927. The predicted molar refractivity (Wildman–Crippen MR) is 114 cm³/mol. The van der Waals surface area contributed by atoms with E-state index in [2.05, 4.69) is 25.6 Å². The fraction of sp³-hybridized carbons (Fsp3) is 0.476. The van der Waals surface area contributed by atoms with E-state index in [1.807, 2.05) is 5.32 Å². The van der Waals surface area contributed by atoms with Gasteiger partial charge in [0.2, 0.25) is 5.91 Å². The molecule has 0 aliphatic carbocycles. The highest BCUT2D eigenvalue weighted by molar-refractivity contribution is 5.86. The summed E-state index contributed by atoms with van der Waals surface area (Å²) < 4.78 is 73.2. The molecular formula is C21H26F5N5O4. The summed E-state index contributed by atoms with van der Waals surface area (Å²) in [5, 5.41) is 22.9. The van der Waals surface area contributed by atoms with E-state index in [1.165, 1.54) is 12.3 Å². The van der Waals surface area contributed by atoms with Crippen LogP contribution in [0.1, 0.15) is 19.4 Å². The number of ether oxygens (including phenoxy) is 1. The van der Waals surface area contributed by atoms with Gasteiger partial charge in [0.05, 0.1) is 24.3 Å². The van der Waals surface area contributed by atoms with Gasteiger partial charge in [0, 0.05) is 37.0 Å². The smallest absolute Gasteiger partial charge is 0.407 e. The van der Waals surface area contributed by atoms with Gasteiger partial charge in [-0.2, -0.15) is 18.3 Å². The van der Waals surface area contributed by atoms with Crippen molar-refractivity contribution in [2.45, 2.75) is 38.7 Å². The van der Waals surface area contributed by atoms with Crippen LogP contribution < -0.4 is 16.0 Å². The lowest BCUT2D eigenvalue weighted by Gasteiger charge is -2.35. The number of hydrogen-bond acceptors (Lipinski definition) is 6. The van der Waals surface area contributed by atoms with Gasteiger partial charge in [-0.05, 0) is 32.0 Å². The topological polar surface area (TPSA) is 128 Å². The molecule has 0 spiro atoms. The predicted octanol–water partition coefficient (Wildman–Crippen LogP) is 2.23. The zero-order valence-electron chi connectivity index (χ0n) is 19.1. The zero-order valence-corrected chi connectivity index (χ0v) is 19.1. The molecule has 2 rings (SSSR count). The number of nitrogens with one attached hydrogen (secondary N) is 4. The molecule has 1 heterocycles. The summed E-state index contributed by atoms with van der Waals surface area (Å²) in [6, 6.07) is 1.71. The highest BCUT2D eigenvalue weighted by atomic mass is 19.4. The average molecular weight is 507 g/mol. The largest absolute Gasteiger partial charge is 0.453 e. The van der Waals surface area contributed by atoms with Crippen LogP contribution in [0.15, 0.2) is 24.4 Å². The molecule has 0 fully saturated rings. The fourth-order valence-corrected chi connectivity index (χ4v) is 3.01. The number of halogens is 5. The van der Waals surface area contributed by atoms with Crippen molar-refractivity contribution in [2.75, 3.05) is 20.2 Å². The van der Waals surface area contributed by atoms with Crippen molar-refractivity contribution in [1.29, 1.82) is 0 Å². The Morgan fingerprint density at radius 3 is 2.31 bits per heavy atom. The maximum Gasteiger partial charge on any atom is 0.407 e. The molecule has 2 aromatic rings. The van der Waals surface area contributed by atoms with Crippen molar-refractivity contribution in [2.24, 2.45) is 5.41 Å². The van der Waals surface area contributed by atoms with Gasteiger partial charge in [-0.25, -0.2) is 13.6 Å². The number of alkyl halides is 3. The van der Waals surface area contributed by atoms with Gasteiger partial charge in [0.15, 0.2) is 0 Å². The molecule has 0 bridgehead atoms. The average Bonchev–Trinajstić information content (AvgIpc) is 3.31. The second-order valence-corrected chi connectivity index (χ2v) is 8.21. The molecule has 0 radical (unpaired) electrons. The van der Waals surface area contributed by atoms with Crippen molar-refractivity contribution < 1.29 is 41.4 Å². The number of aliphatic hydroxyl groups is 1. The maximum absolute atomic E-state index is 14.3. The van der Waals surface area contributed by atoms with Gasteiger partial charge in [-0.15, -0.1) is 0 Å². The van der Waals surface area contributed by atoms with Crippen molar-refractivity contribution in [3.63, 3.8) is 0 Å². The Kier molecular flexibility index (Phi) is 9.15. The number of aromatic amines is 1. The second kappa shape index (κ2) is 11.4. The van der Waals surface area contributed by atoms with E-state index in [0.717, 1.165) is 33.1 Å². The van der Waals surface area contributed by atoms with Crippen molar-refractivity contribution in [3.05, 3.63) is 41.6 Å². The van der Waals surface area contributed by atoms with E-state index in [4.69, 9.17) is 0 Å². The summed E-state index contributed by atoms with van der Waals surface area (Å²) in [5.74, 6) is -2.88. The lowest BCUT2D eigenvalue weighted by Crippen LogP contribution is -2.60. The van der Waals surface area contributed by atoms with Gasteiger partial charge in [-0.3, -0.25) is 9.89 Å². The first kappa shape index (κ1) is 28.0. The van der Waals surface area contributed by atoms with Crippen molar-refractivity contribution in [3.8, 4) is 11.3 Å². The number of methoxy groups -OCH3 is 1. The molecule has 0 unspecified atom stereocenters. The molecule has 2 atom stereocenters. The Hall–Kier alpha value is -3.26. The fourth-order valence-electron chi connectivity index (χ4n) is 3.01. The minimum atomic E-state index is -4.85. The normalized spacial score (nSPS) is 13.7. The summed E-state index contributed by atoms with van der Waals surface area (Å²) in [5.41, 5.74) is -2.28. The first-order valence-corrected chi connectivity index (χ1v) is 10.3. The summed E-state index contributed by atoms with van der Waals surface area (Å²) in [6.45, 7) is 0.402. The maximum atomic E-state index is 14.3.